The molecular formula is C13H19FO4. The van der Waals surface area contributed by atoms with Crippen LogP contribution in [-0.4, -0.2) is 33.0 Å². The fourth-order valence-corrected chi connectivity index (χ4v) is 1.84. The Balaban J connectivity index is 3.66. The molecule has 18 heavy (non-hydrogen) atoms. The molecule has 1 aromatic carbocycles. The fraction of sp³-hybridized carbons (Fsp3) is 0.538. The largest absolute Gasteiger partial charge is 0.493 e. The van der Waals surface area contributed by atoms with Crippen molar-refractivity contribution in [3.63, 3.8) is 0 Å². The van der Waals surface area contributed by atoms with Crippen LogP contribution in [0, 0.1) is 5.82 Å². The number of methoxy groups -OCH3 is 3. The molecule has 0 saturated heterocycles. The summed E-state index contributed by atoms with van der Waals surface area (Å²) >= 11 is 0. The molecule has 0 amide bonds. The van der Waals surface area contributed by atoms with E-state index < -0.39 is 11.2 Å². The lowest BCUT2D eigenvalue weighted by atomic mass is 9.83. The molecular weight excluding hydrogens is 239 g/mol. The Morgan fingerprint density at radius 1 is 1.11 bits per heavy atom. The predicted octanol–water partition coefficient (Wildman–Crippen LogP) is 2.12. The monoisotopic (exact) mass is 258 g/mol. The molecule has 0 saturated carbocycles. The van der Waals surface area contributed by atoms with Gasteiger partial charge in [0.2, 0.25) is 0 Å². The van der Waals surface area contributed by atoms with Crippen LogP contribution in [-0.2, 0) is 5.41 Å². The number of ether oxygens (including phenoxy) is 3. The standard InChI is InChI=1S/C13H19FO4/c1-13(2,7-15)10-11(17-4)8(14)6-9(16-3)12(10)18-5/h6,15H,7H2,1-5H3. The Bertz CT molecular complexity index is 429. The minimum Gasteiger partial charge on any atom is -0.493 e. The highest BCUT2D eigenvalue weighted by atomic mass is 19.1. The third-order valence-electron chi connectivity index (χ3n) is 2.85. The minimum atomic E-state index is -0.716. The summed E-state index contributed by atoms with van der Waals surface area (Å²) in [6.45, 7) is 3.37. The molecule has 0 atom stereocenters. The van der Waals surface area contributed by atoms with Crippen molar-refractivity contribution in [3.05, 3.63) is 17.4 Å². The molecule has 0 spiro atoms. The van der Waals surface area contributed by atoms with E-state index in [2.05, 4.69) is 0 Å². The van der Waals surface area contributed by atoms with Crippen LogP contribution in [0.4, 0.5) is 4.39 Å². The van der Waals surface area contributed by atoms with Gasteiger partial charge in [-0.15, -0.1) is 0 Å². The molecule has 1 rings (SSSR count). The molecule has 0 aliphatic rings. The Kier molecular flexibility index (Phi) is 4.40. The van der Waals surface area contributed by atoms with E-state index in [-0.39, 0.29) is 18.1 Å². The first kappa shape index (κ1) is 14.6. The maximum atomic E-state index is 13.9. The summed E-state index contributed by atoms with van der Waals surface area (Å²) in [5.74, 6) is 0.153. The second-order valence-electron chi connectivity index (χ2n) is 4.54. The summed E-state index contributed by atoms with van der Waals surface area (Å²) in [6.07, 6.45) is 0. The lowest BCUT2D eigenvalue weighted by molar-refractivity contribution is 0.208. The summed E-state index contributed by atoms with van der Waals surface area (Å²) in [4.78, 5) is 0. The number of hydrogen-bond acceptors (Lipinski definition) is 4. The number of aliphatic hydroxyl groups is 1. The van der Waals surface area contributed by atoms with E-state index in [9.17, 15) is 9.50 Å². The SMILES string of the molecule is COc1cc(F)c(OC)c(C(C)(C)CO)c1OC. The van der Waals surface area contributed by atoms with Crippen molar-refractivity contribution in [2.45, 2.75) is 19.3 Å². The summed E-state index contributed by atoms with van der Waals surface area (Å²) in [5, 5.41) is 9.47. The lowest BCUT2D eigenvalue weighted by Gasteiger charge is -2.28. The van der Waals surface area contributed by atoms with E-state index in [0.29, 0.717) is 11.3 Å². The van der Waals surface area contributed by atoms with Crippen molar-refractivity contribution in [3.8, 4) is 17.2 Å². The maximum Gasteiger partial charge on any atom is 0.169 e. The molecule has 0 aliphatic heterocycles. The van der Waals surface area contributed by atoms with Crippen LogP contribution in [0.5, 0.6) is 17.2 Å². The number of halogens is 1. The second-order valence-corrected chi connectivity index (χ2v) is 4.54. The van der Waals surface area contributed by atoms with Gasteiger partial charge in [0.05, 0.1) is 33.5 Å². The van der Waals surface area contributed by atoms with Crippen LogP contribution in [0.1, 0.15) is 19.4 Å². The summed E-state index contributed by atoms with van der Waals surface area (Å²) < 4.78 is 29.4. The number of rotatable bonds is 5. The first-order valence-electron chi connectivity index (χ1n) is 5.52. The van der Waals surface area contributed by atoms with Crippen LogP contribution in [0.25, 0.3) is 0 Å². The molecule has 0 bridgehead atoms. The molecule has 1 aromatic rings. The van der Waals surface area contributed by atoms with Gasteiger partial charge in [-0.2, -0.15) is 0 Å². The van der Waals surface area contributed by atoms with Crippen LogP contribution in [0.2, 0.25) is 0 Å². The van der Waals surface area contributed by atoms with Gasteiger partial charge in [-0.25, -0.2) is 4.39 Å². The topological polar surface area (TPSA) is 47.9 Å². The summed E-state index contributed by atoms with van der Waals surface area (Å²) in [6, 6.07) is 1.20. The maximum absolute atomic E-state index is 13.9. The molecule has 0 fully saturated rings. The molecule has 102 valence electrons. The molecule has 1 N–H and O–H groups in total. The Morgan fingerprint density at radius 2 is 1.67 bits per heavy atom. The van der Waals surface area contributed by atoms with E-state index in [4.69, 9.17) is 14.2 Å². The number of aliphatic hydroxyl groups excluding tert-OH is 1. The fourth-order valence-electron chi connectivity index (χ4n) is 1.84. The van der Waals surface area contributed by atoms with Crippen molar-refractivity contribution >= 4 is 0 Å². The smallest absolute Gasteiger partial charge is 0.169 e. The summed E-state index contributed by atoms with van der Waals surface area (Å²) in [7, 11) is 4.27. The second kappa shape index (κ2) is 5.44. The van der Waals surface area contributed by atoms with Crippen molar-refractivity contribution in [2.75, 3.05) is 27.9 Å². The van der Waals surface area contributed by atoms with Crippen LogP contribution in [0.3, 0.4) is 0 Å². The van der Waals surface area contributed by atoms with E-state index >= 15 is 0 Å². The van der Waals surface area contributed by atoms with Crippen LogP contribution >= 0.6 is 0 Å². The normalized spacial score (nSPS) is 11.3. The van der Waals surface area contributed by atoms with E-state index in [0.717, 1.165) is 0 Å². The van der Waals surface area contributed by atoms with Gasteiger partial charge in [-0.3, -0.25) is 0 Å². The van der Waals surface area contributed by atoms with Gasteiger partial charge in [0.25, 0.3) is 0 Å². The van der Waals surface area contributed by atoms with Crippen molar-refractivity contribution in [2.24, 2.45) is 0 Å². The Hall–Kier alpha value is -1.49. The zero-order valence-electron chi connectivity index (χ0n) is 11.3. The zero-order chi connectivity index (χ0) is 13.9. The highest BCUT2D eigenvalue weighted by molar-refractivity contribution is 5.57. The third kappa shape index (κ3) is 2.36. The Labute approximate surface area is 106 Å². The van der Waals surface area contributed by atoms with E-state index in [1.54, 1.807) is 13.8 Å². The molecule has 0 heterocycles. The van der Waals surface area contributed by atoms with Crippen molar-refractivity contribution in [1.82, 2.24) is 0 Å². The highest BCUT2D eigenvalue weighted by Crippen LogP contribution is 2.45. The average molecular weight is 258 g/mol. The number of benzene rings is 1. The van der Waals surface area contributed by atoms with Crippen LogP contribution in [0.15, 0.2) is 6.07 Å². The summed E-state index contributed by atoms with van der Waals surface area (Å²) in [5.41, 5.74) is -0.265. The van der Waals surface area contributed by atoms with Crippen LogP contribution < -0.4 is 14.2 Å². The van der Waals surface area contributed by atoms with Gasteiger partial charge in [0.15, 0.2) is 23.1 Å². The molecule has 4 nitrogen and oxygen atoms in total. The van der Waals surface area contributed by atoms with Gasteiger partial charge in [0, 0.05) is 11.5 Å². The first-order chi connectivity index (χ1) is 8.42. The molecule has 0 aromatic heterocycles. The first-order valence-corrected chi connectivity index (χ1v) is 5.52. The molecule has 0 aliphatic carbocycles. The average Bonchev–Trinajstić information content (AvgIpc) is 2.37. The van der Waals surface area contributed by atoms with Crippen molar-refractivity contribution in [1.29, 1.82) is 0 Å². The van der Waals surface area contributed by atoms with Gasteiger partial charge >= 0.3 is 0 Å². The zero-order valence-corrected chi connectivity index (χ0v) is 11.3. The van der Waals surface area contributed by atoms with Crippen molar-refractivity contribution < 1.29 is 23.7 Å². The highest BCUT2D eigenvalue weighted by Gasteiger charge is 2.32. The lowest BCUT2D eigenvalue weighted by Crippen LogP contribution is -2.24. The molecule has 0 unspecified atom stereocenters. The van der Waals surface area contributed by atoms with E-state index in [1.807, 2.05) is 0 Å². The minimum absolute atomic E-state index is 0.0618. The third-order valence-corrected chi connectivity index (χ3v) is 2.85. The predicted molar refractivity (Wildman–Crippen MR) is 66.2 cm³/mol. The Morgan fingerprint density at radius 3 is 2.06 bits per heavy atom. The van der Waals surface area contributed by atoms with Gasteiger partial charge in [0.1, 0.15) is 0 Å². The number of hydrogen-bond donors (Lipinski definition) is 1. The van der Waals surface area contributed by atoms with Gasteiger partial charge < -0.3 is 19.3 Å². The quantitative estimate of drug-likeness (QED) is 0.879. The molecule has 5 heteroatoms. The van der Waals surface area contributed by atoms with Gasteiger partial charge in [-0.05, 0) is 0 Å². The molecule has 0 radical (unpaired) electrons. The van der Waals surface area contributed by atoms with E-state index in [1.165, 1.54) is 27.4 Å². The van der Waals surface area contributed by atoms with Gasteiger partial charge in [-0.1, -0.05) is 13.8 Å².